The van der Waals surface area contributed by atoms with Gasteiger partial charge >= 0.3 is 0 Å². The van der Waals surface area contributed by atoms with Crippen molar-refractivity contribution >= 4 is 29.1 Å². The predicted molar refractivity (Wildman–Crippen MR) is 70.3 cm³/mol. The highest BCUT2D eigenvalue weighted by molar-refractivity contribution is 6.30. The van der Waals surface area contributed by atoms with Gasteiger partial charge in [-0.1, -0.05) is 11.6 Å². The Hall–Kier alpha value is -1.88. The number of anilines is 1. The van der Waals surface area contributed by atoms with Gasteiger partial charge in [0.2, 0.25) is 0 Å². The molecule has 96 valence electrons. The van der Waals surface area contributed by atoms with Crippen LogP contribution in [0.5, 0.6) is 0 Å². The van der Waals surface area contributed by atoms with Crippen LogP contribution < -0.4 is 5.32 Å². The van der Waals surface area contributed by atoms with Crippen molar-refractivity contribution in [1.82, 2.24) is 9.88 Å². The minimum Gasteiger partial charge on any atom is -0.383 e. The highest BCUT2D eigenvalue weighted by Gasteiger charge is 2.15. The van der Waals surface area contributed by atoms with Gasteiger partial charge in [-0.15, -0.1) is 0 Å². The van der Waals surface area contributed by atoms with E-state index in [0.29, 0.717) is 10.8 Å². The van der Waals surface area contributed by atoms with E-state index < -0.39 is 5.91 Å². The third-order valence-corrected chi connectivity index (χ3v) is 2.20. The quantitative estimate of drug-likeness (QED) is 0.512. The number of nitrogens with zero attached hydrogens (tertiary/aromatic N) is 2. The number of rotatable bonds is 4. The maximum atomic E-state index is 11.9. The monoisotopic (exact) mass is 267 g/mol. The molecule has 0 aliphatic rings. The van der Waals surface area contributed by atoms with E-state index in [2.05, 4.69) is 10.3 Å². The first-order valence-corrected chi connectivity index (χ1v) is 5.60. The minimum absolute atomic E-state index is 0.0664. The first-order chi connectivity index (χ1) is 8.40. The molecule has 1 rings (SSSR count). The highest BCUT2D eigenvalue weighted by atomic mass is 35.5. The molecular formula is C12H14ClN3O2. The summed E-state index contributed by atoms with van der Waals surface area (Å²) in [7, 11) is 3.47. The smallest absolute Gasteiger partial charge is 0.261 e. The zero-order chi connectivity index (χ0) is 13.7. The zero-order valence-corrected chi connectivity index (χ0v) is 11.2. The molecule has 0 unspecified atom stereocenters. The lowest BCUT2D eigenvalue weighted by molar-refractivity contribution is -0.119. The molecule has 0 saturated carbocycles. The number of carbonyl (C=O) groups is 2. The number of pyridine rings is 1. The van der Waals surface area contributed by atoms with Gasteiger partial charge in [-0.25, -0.2) is 4.98 Å². The van der Waals surface area contributed by atoms with Crippen LogP contribution in [0.25, 0.3) is 0 Å². The van der Waals surface area contributed by atoms with Gasteiger partial charge in [-0.2, -0.15) is 0 Å². The maximum absolute atomic E-state index is 11.9. The Bertz CT molecular complexity index is 481. The number of carbonyl (C=O) groups excluding carboxylic acids is 2. The second kappa shape index (κ2) is 6.16. The van der Waals surface area contributed by atoms with Crippen LogP contribution in [0.3, 0.4) is 0 Å². The fraction of sp³-hybridized carbons (Fsp3) is 0.250. The molecule has 1 aromatic rings. The van der Waals surface area contributed by atoms with Crippen LogP contribution in [0.15, 0.2) is 30.1 Å². The van der Waals surface area contributed by atoms with E-state index >= 15 is 0 Å². The van der Waals surface area contributed by atoms with E-state index in [4.69, 9.17) is 11.6 Å². The van der Waals surface area contributed by atoms with Crippen molar-refractivity contribution in [3.8, 4) is 0 Å². The van der Waals surface area contributed by atoms with Crippen LogP contribution in [0.4, 0.5) is 5.82 Å². The Labute approximate surface area is 110 Å². The Kier molecular flexibility index (Phi) is 4.85. The predicted octanol–water partition coefficient (Wildman–Crippen LogP) is 1.71. The van der Waals surface area contributed by atoms with E-state index in [-0.39, 0.29) is 11.4 Å². The molecule has 0 aliphatic carbocycles. The lowest BCUT2D eigenvalue weighted by Crippen LogP contribution is -2.21. The lowest BCUT2D eigenvalue weighted by atomic mass is 10.2. The van der Waals surface area contributed by atoms with E-state index in [1.807, 2.05) is 0 Å². The number of Topliss-reactive ketones (excluding diaryl/α,β-unsaturated/α-hetero) is 1. The fourth-order valence-corrected chi connectivity index (χ4v) is 1.31. The number of ketones is 1. The second-order valence-electron chi connectivity index (χ2n) is 3.88. The van der Waals surface area contributed by atoms with Crippen molar-refractivity contribution < 1.29 is 9.59 Å². The molecule has 5 nitrogen and oxygen atoms in total. The summed E-state index contributed by atoms with van der Waals surface area (Å²) in [6, 6.07) is 3.17. The molecule has 0 radical (unpaired) electrons. The van der Waals surface area contributed by atoms with Crippen molar-refractivity contribution in [1.29, 1.82) is 0 Å². The number of hydrogen-bond donors (Lipinski definition) is 1. The van der Waals surface area contributed by atoms with Gasteiger partial charge in [0.15, 0.2) is 5.78 Å². The van der Waals surface area contributed by atoms with Crippen molar-refractivity contribution in [3.63, 3.8) is 0 Å². The van der Waals surface area contributed by atoms with E-state index in [9.17, 15) is 9.59 Å². The van der Waals surface area contributed by atoms with Crippen LogP contribution in [-0.2, 0) is 9.59 Å². The molecule has 1 amide bonds. The normalized spacial score (nSPS) is 11.0. The summed E-state index contributed by atoms with van der Waals surface area (Å²) in [5, 5.41) is 3.01. The van der Waals surface area contributed by atoms with Gasteiger partial charge in [0.1, 0.15) is 5.82 Å². The summed E-state index contributed by atoms with van der Waals surface area (Å²) in [5.74, 6) is -0.462. The number of hydrogen-bond acceptors (Lipinski definition) is 4. The first kappa shape index (κ1) is 14.2. The Morgan fingerprint density at radius 1 is 1.39 bits per heavy atom. The van der Waals surface area contributed by atoms with Gasteiger partial charge in [0.25, 0.3) is 5.91 Å². The summed E-state index contributed by atoms with van der Waals surface area (Å²) in [4.78, 5) is 28.8. The van der Waals surface area contributed by atoms with Crippen molar-refractivity contribution in [2.24, 2.45) is 0 Å². The third-order valence-electron chi connectivity index (χ3n) is 1.98. The lowest BCUT2D eigenvalue weighted by Gasteiger charge is -2.09. The minimum atomic E-state index is -0.494. The van der Waals surface area contributed by atoms with Crippen LogP contribution >= 0.6 is 11.6 Å². The van der Waals surface area contributed by atoms with Crippen molar-refractivity contribution in [2.45, 2.75) is 6.92 Å². The van der Waals surface area contributed by atoms with Crippen molar-refractivity contribution in [2.75, 3.05) is 19.4 Å². The number of halogens is 1. The Morgan fingerprint density at radius 3 is 2.50 bits per heavy atom. The largest absolute Gasteiger partial charge is 0.383 e. The summed E-state index contributed by atoms with van der Waals surface area (Å²) in [5.41, 5.74) is 0.0664. The molecule has 0 bridgehead atoms. The summed E-state index contributed by atoms with van der Waals surface area (Å²) in [6.45, 7) is 1.34. The third kappa shape index (κ3) is 4.18. The molecule has 0 atom stereocenters. The number of amides is 1. The van der Waals surface area contributed by atoms with Crippen LogP contribution in [0, 0.1) is 0 Å². The van der Waals surface area contributed by atoms with Crippen LogP contribution in [0.1, 0.15) is 6.92 Å². The molecule has 1 heterocycles. The van der Waals surface area contributed by atoms with Gasteiger partial charge in [-0.05, 0) is 19.1 Å². The average Bonchev–Trinajstić information content (AvgIpc) is 2.28. The molecule has 1 N–H and O–H groups in total. The second-order valence-corrected chi connectivity index (χ2v) is 4.31. The molecule has 0 saturated heterocycles. The molecule has 0 aromatic carbocycles. The molecule has 1 aromatic heterocycles. The molecule has 0 fully saturated rings. The van der Waals surface area contributed by atoms with Gasteiger partial charge in [-0.3, -0.25) is 9.59 Å². The number of nitrogens with one attached hydrogen (secondary N) is 1. The van der Waals surface area contributed by atoms with Gasteiger partial charge < -0.3 is 10.2 Å². The standard InChI is InChI=1S/C12H14ClN3O2/c1-8(17)10(7-16(2)3)12(18)15-11-5-4-9(13)6-14-11/h4-7H,1-3H3,(H,14,15,18)/b10-7+. The molecular weight excluding hydrogens is 254 g/mol. The van der Waals surface area contributed by atoms with Crippen molar-refractivity contribution in [3.05, 3.63) is 35.1 Å². The Morgan fingerprint density at radius 2 is 2.06 bits per heavy atom. The molecule has 6 heteroatoms. The van der Waals surface area contributed by atoms with E-state index in [0.717, 1.165) is 0 Å². The van der Waals surface area contributed by atoms with Gasteiger partial charge in [0, 0.05) is 26.5 Å². The summed E-state index contributed by atoms with van der Waals surface area (Å²) in [6.07, 6.45) is 2.88. The van der Waals surface area contributed by atoms with Crippen LogP contribution in [0.2, 0.25) is 5.02 Å². The van der Waals surface area contributed by atoms with E-state index in [1.54, 1.807) is 31.1 Å². The zero-order valence-electron chi connectivity index (χ0n) is 10.4. The number of aromatic nitrogens is 1. The van der Waals surface area contributed by atoms with Gasteiger partial charge in [0.05, 0.1) is 10.6 Å². The summed E-state index contributed by atoms with van der Waals surface area (Å²) >= 11 is 5.68. The molecule has 0 aliphatic heterocycles. The van der Waals surface area contributed by atoms with E-state index in [1.165, 1.54) is 19.3 Å². The Balaban J connectivity index is 2.86. The maximum Gasteiger partial charge on any atom is 0.261 e. The topological polar surface area (TPSA) is 62.3 Å². The first-order valence-electron chi connectivity index (χ1n) is 5.22. The highest BCUT2D eigenvalue weighted by Crippen LogP contribution is 2.11. The average molecular weight is 268 g/mol. The van der Waals surface area contributed by atoms with Crippen LogP contribution in [-0.4, -0.2) is 35.7 Å². The fourth-order valence-electron chi connectivity index (χ4n) is 1.20. The summed E-state index contributed by atoms with van der Waals surface area (Å²) < 4.78 is 0. The SMILES string of the molecule is CC(=O)/C(=C\N(C)C)C(=O)Nc1ccc(Cl)cn1. The molecule has 0 spiro atoms. The molecule has 18 heavy (non-hydrogen) atoms.